The first-order chi connectivity index (χ1) is 13.9. The molecular formula is C20H31N5O4. The molecule has 0 bridgehead atoms. The van der Waals surface area contributed by atoms with Gasteiger partial charge in [0.2, 0.25) is 5.88 Å². The van der Waals surface area contributed by atoms with Crippen LogP contribution in [0.5, 0.6) is 5.88 Å². The number of carbonyl (C=O) groups excluding carboxylic acids is 1. The van der Waals surface area contributed by atoms with Crippen molar-refractivity contribution in [2.24, 2.45) is 4.99 Å². The van der Waals surface area contributed by atoms with E-state index >= 15 is 0 Å². The Labute approximate surface area is 172 Å². The van der Waals surface area contributed by atoms with Crippen LogP contribution in [0, 0.1) is 0 Å². The molecule has 1 fully saturated rings. The Morgan fingerprint density at radius 1 is 1.31 bits per heavy atom. The van der Waals surface area contributed by atoms with Crippen molar-refractivity contribution >= 4 is 12.1 Å². The maximum Gasteiger partial charge on any atom is 0.410 e. The number of nitrogens with zero attached hydrogens (tertiary/aromatic N) is 4. The first kappa shape index (κ1) is 21.2. The van der Waals surface area contributed by atoms with Crippen LogP contribution in [-0.2, 0) is 16.0 Å². The van der Waals surface area contributed by atoms with Gasteiger partial charge < -0.3 is 29.3 Å². The number of guanidine groups is 1. The minimum Gasteiger partial charge on any atom is -0.475 e. The molecular weight excluding hydrogens is 374 g/mol. The monoisotopic (exact) mass is 405 g/mol. The van der Waals surface area contributed by atoms with E-state index in [0.29, 0.717) is 45.3 Å². The molecule has 1 atom stereocenters. The number of nitrogens with one attached hydrogen (secondary N) is 1. The number of aliphatic imine (C=N–C) groups is 1. The van der Waals surface area contributed by atoms with Gasteiger partial charge in [-0.1, -0.05) is 6.07 Å². The van der Waals surface area contributed by atoms with Crippen molar-refractivity contribution in [3.05, 3.63) is 23.9 Å². The summed E-state index contributed by atoms with van der Waals surface area (Å²) in [5.74, 6) is 1.45. The average molecular weight is 405 g/mol. The molecule has 1 unspecified atom stereocenters. The molecule has 1 amide bonds. The van der Waals surface area contributed by atoms with E-state index in [2.05, 4.69) is 20.2 Å². The highest BCUT2D eigenvalue weighted by molar-refractivity contribution is 5.82. The van der Waals surface area contributed by atoms with Gasteiger partial charge >= 0.3 is 6.09 Å². The third-order valence-electron chi connectivity index (χ3n) is 4.67. The number of hydrogen-bond donors (Lipinski definition) is 1. The molecule has 0 spiro atoms. The lowest BCUT2D eigenvalue weighted by atomic mass is 10.2. The lowest BCUT2D eigenvalue weighted by Gasteiger charge is -2.39. The molecule has 0 aromatic carbocycles. The van der Waals surface area contributed by atoms with E-state index in [1.807, 2.05) is 32.9 Å². The van der Waals surface area contributed by atoms with E-state index in [1.54, 1.807) is 18.2 Å². The lowest BCUT2D eigenvalue weighted by molar-refractivity contribution is 0.0137. The minimum absolute atomic E-state index is 0.171. The molecule has 0 saturated carbocycles. The van der Waals surface area contributed by atoms with Crippen LogP contribution in [0.15, 0.2) is 23.3 Å². The zero-order chi connectivity index (χ0) is 20.9. The number of pyridine rings is 1. The Hall–Kier alpha value is -2.55. The van der Waals surface area contributed by atoms with Crippen molar-refractivity contribution in [2.75, 3.05) is 46.5 Å². The number of ether oxygens (including phenoxy) is 3. The predicted molar refractivity (Wildman–Crippen MR) is 109 cm³/mol. The number of hydrogen-bond acceptors (Lipinski definition) is 8. The number of aromatic nitrogens is 1. The van der Waals surface area contributed by atoms with Gasteiger partial charge in [0.1, 0.15) is 12.2 Å². The lowest BCUT2D eigenvalue weighted by Crippen LogP contribution is -2.57. The van der Waals surface area contributed by atoms with Crippen LogP contribution in [0.2, 0.25) is 0 Å². The van der Waals surface area contributed by atoms with Crippen molar-refractivity contribution < 1.29 is 19.0 Å². The van der Waals surface area contributed by atoms with Gasteiger partial charge in [-0.05, 0) is 26.8 Å². The molecule has 1 saturated heterocycles. The van der Waals surface area contributed by atoms with Gasteiger partial charge in [-0.2, -0.15) is 0 Å². The van der Waals surface area contributed by atoms with E-state index in [4.69, 9.17) is 14.2 Å². The fraction of sp³-hybridized carbons (Fsp3) is 0.650. The summed E-state index contributed by atoms with van der Waals surface area (Å²) in [6, 6.07) is 4.04. The number of fused-ring (bicyclic) bond motifs is 1. The van der Waals surface area contributed by atoms with Gasteiger partial charge in [-0.15, -0.1) is 0 Å². The topological polar surface area (TPSA) is 88.5 Å². The van der Waals surface area contributed by atoms with Gasteiger partial charge in [-0.3, -0.25) is 4.99 Å². The van der Waals surface area contributed by atoms with Crippen LogP contribution in [0.4, 0.5) is 4.79 Å². The second-order valence-electron chi connectivity index (χ2n) is 8.10. The van der Waals surface area contributed by atoms with Crippen LogP contribution >= 0.6 is 0 Å². The summed E-state index contributed by atoms with van der Waals surface area (Å²) in [6.45, 7) is 9.79. The minimum atomic E-state index is -0.486. The Morgan fingerprint density at radius 2 is 2.14 bits per heavy atom. The van der Waals surface area contributed by atoms with Crippen molar-refractivity contribution in [3.63, 3.8) is 0 Å². The highest BCUT2D eigenvalue weighted by atomic mass is 16.6. The predicted octanol–water partition coefficient (Wildman–Crippen LogP) is 1.49. The molecule has 3 heterocycles. The molecule has 3 rings (SSSR count). The number of carbonyl (C=O) groups is 1. The number of amides is 1. The highest BCUT2D eigenvalue weighted by Gasteiger charge is 2.36. The summed E-state index contributed by atoms with van der Waals surface area (Å²) >= 11 is 0. The third-order valence-corrected chi connectivity index (χ3v) is 4.67. The molecule has 0 aliphatic carbocycles. The van der Waals surface area contributed by atoms with Crippen LogP contribution in [-0.4, -0.2) is 85.0 Å². The maximum absolute atomic E-state index is 12.3. The van der Waals surface area contributed by atoms with Crippen molar-refractivity contribution in [1.29, 1.82) is 0 Å². The van der Waals surface area contributed by atoms with Crippen LogP contribution < -0.4 is 10.1 Å². The Morgan fingerprint density at radius 3 is 2.90 bits per heavy atom. The molecule has 1 aromatic heterocycles. The van der Waals surface area contributed by atoms with E-state index in [0.717, 1.165) is 18.1 Å². The number of methoxy groups -OCH3 is 1. The molecule has 1 N–H and O–H groups in total. The largest absolute Gasteiger partial charge is 0.475 e. The quantitative estimate of drug-likeness (QED) is 0.717. The maximum atomic E-state index is 12.3. The molecule has 160 valence electrons. The molecule has 9 heteroatoms. The van der Waals surface area contributed by atoms with Crippen LogP contribution in [0.3, 0.4) is 0 Å². The van der Waals surface area contributed by atoms with Crippen LogP contribution in [0.1, 0.15) is 26.3 Å². The normalized spacial score (nSPS) is 18.9. The third kappa shape index (κ3) is 5.72. The van der Waals surface area contributed by atoms with Crippen molar-refractivity contribution in [3.8, 4) is 5.88 Å². The van der Waals surface area contributed by atoms with E-state index in [-0.39, 0.29) is 12.1 Å². The summed E-state index contributed by atoms with van der Waals surface area (Å²) in [5, 5.41) is 3.40. The van der Waals surface area contributed by atoms with E-state index in [1.165, 1.54) is 0 Å². The smallest absolute Gasteiger partial charge is 0.410 e. The highest BCUT2D eigenvalue weighted by Crippen LogP contribution is 2.20. The Kier molecular flexibility index (Phi) is 6.79. The molecule has 9 nitrogen and oxygen atoms in total. The van der Waals surface area contributed by atoms with Crippen molar-refractivity contribution in [1.82, 2.24) is 20.1 Å². The molecule has 2 aliphatic rings. The number of piperazine rings is 1. The first-order valence-corrected chi connectivity index (χ1v) is 9.96. The standard InChI is InChI=1S/C20H31N5O4/c1-20(2,3)29-19(26)24-8-9-25-16(14-24)13-23-18(25)22-12-15-6-5-7-21-17(15)28-11-10-27-4/h5-7,16H,8-14H2,1-4H3,(H,22,23). The van der Waals surface area contributed by atoms with Gasteiger partial charge in [-0.25, -0.2) is 9.78 Å². The second kappa shape index (κ2) is 9.30. The molecule has 29 heavy (non-hydrogen) atoms. The Balaban J connectivity index is 1.52. The van der Waals surface area contributed by atoms with Crippen molar-refractivity contribution in [2.45, 2.75) is 39.0 Å². The number of rotatable bonds is 6. The van der Waals surface area contributed by atoms with Gasteiger partial charge in [0.05, 0.1) is 19.2 Å². The SMILES string of the molecule is COCCOc1ncccc1CNC1=NCC2CN(C(=O)OC(C)(C)C)CCN12. The fourth-order valence-electron chi connectivity index (χ4n) is 3.31. The second-order valence-corrected chi connectivity index (χ2v) is 8.10. The first-order valence-electron chi connectivity index (χ1n) is 9.96. The summed E-state index contributed by atoms with van der Waals surface area (Å²) in [6.07, 6.45) is 1.46. The van der Waals surface area contributed by atoms with Gasteiger partial charge in [0.15, 0.2) is 5.96 Å². The van der Waals surface area contributed by atoms with Crippen LogP contribution in [0.25, 0.3) is 0 Å². The summed E-state index contributed by atoms with van der Waals surface area (Å²) in [4.78, 5) is 25.3. The fourth-order valence-corrected chi connectivity index (χ4v) is 3.31. The summed E-state index contributed by atoms with van der Waals surface area (Å²) < 4.78 is 16.2. The van der Waals surface area contributed by atoms with Gasteiger partial charge in [0, 0.05) is 45.0 Å². The molecule has 2 aliphatic heterocycles. The molecule has 0 radical (unpaired) electrons. The van der Waals surface area contributed by atoms with E-state index < -0.39 is 5.60 Å². The van der Waals surface area contributed by atoms with E-state index in [9.17, 15) is 4.79 Å². The summed E-state index contributed by atoms with van der Waals surface area (Å²) in [5.41, 5.74) is 0.474. The molecule has 1 aromatic rings. The zero-order valence-corrected chi connectivity index (χ0v) is 17.7. The average Bonchev–Trinajstić information content (AvgIpc) is 3.08. The zero-order valence-electron chi connectivity index (χ0n) is 17.7. The summed E-state index contributed by atoms with van der Waals surface area (Å²) in [7, 11) is 1.64. The Bertz CT molecular complexity index is 734. The van der Waals surface area contributed by atoms with Gasteiger partial charge in [0.25, 0.3) is 0 Å².